The monoisotopic (exact) mass is 772 g/mol. The maximum Gasteiger partial charge on any atom is 0.511 e. The summed E-state index contributed by atoms with van der Waals surface area (Å²) in [6, 6.07) is 2.03. The standard InChI is InChI=1S/C40H54F2N4O9/c1-4-5-6-7-8-9-10-11-12-13-14-15-20-52-39(50)54-26-53-36-34-38(49)45-25-32(40(19-18-27(45)2)22-33(51-3)44-55-40)46(34)24-30(35(36)47)37(48)43-23-28-16-17-29(41)21-31(28)42/h16-17,21,24,27,32H,4-15,18-20,22-23,25-26H2,1-3H3,(H,43,48)/t27-,32+,40-/m0/s1. The molecule has 55 heavy (non-hydrogen) atoms. The summed E-state index contributed by atoms with van der Waals surface area (Å²) in [5.74, 6) is -3.23. The first-order valence-corrected chi connectivity index (χ1v) is 19.6. The number of carbonyl (C=O) groups excluding carboxylic acids is 3. The second-order valence-corrected chi connectivity index (χ2v) is 14.7. The van der Waals surface area contributed by atoms with Gasteiger partial charge in [-0.15, -0.1) is 0 Å². The molecule has 3 atom stereocenters. The molecular formula is C40H54F2N4O9. The summed E-state index contributed by atoms with van der Waals surface area (Å²) < 4.78 is 50.8. The predicted molar refractivity (Wildman–Crippen MR) is 199 cm³/mol. The van der Waals surface area contributed by atoms with Crippen LogP contribution in [-0.4, -0.2) is 72.0 Å². The van der Waals surface area contributed by atoms with E-state index in [2.05, 4.69) is 17.4 Å². The number of hydrogen-bond donors (Lipinski definition) is 1. The van der Waals surface area contributed by atoms with Crippen molar-refractivity contribution in [2.75, 3.05) is 27.1 Å². The van der Waals surface area contributed by atoms with Gasteiger partial charge in [0.1, 0.15) is 17.2 Å². The number of nitrogens with one attached hydrogen (secondary N) is 1. The minimum Gasteiger partial charge on any atom is -0.482 e. The van der Waals surface area contributed by atoms with Gasteiger partial charge in [-0.25, -0.2) is 13.6 Å². The number of fused-ring (bicyclic) bond motifs is 5. The number of halogens is 2. The Kier molecular flexibility index (Phi) is 14.9. The molecule has 4 heterocycles. The van der Waals surface area contributed by atoms with E-state index in [4.69, 9.17) is 23.8 Å². The second-order valence-electron chi connectivity index (χ2n) is 14.7. The number of unbranched alkanes of at least 4 members (excludes halogenated alkanes) is 11. The number of aromatic nitrogens is 1. The fourth-order valence-corrected chi connectivity index (χ4v) is 7.52. The van der Waals surface area contributed by atoms with Crippen molar-refractivity contribution >= 4 is 23.9 Å². The van der Waals surface area contributed by atoms with Gasteiger partial charge in [0, 0.05) is 37.0 Å². The molecule has 3 aliphatic heterocycles. The number of benzene rings is 1. The zero-order valence-corrected chi connectivity index (χ0v) is 32.2. The molecule has 2 bridgehead atoms. The maximum atomic E-state index is 14.4. The van der Waals surface area contributed by atoms with Gasteiger partial charge in [-0.2, -0.15) is 0 Å². The Morgan fingerprint density at radius 1 is 1.00 bits per heavy atom. The fraction of sp³-hybridized carbons (Fsp3) is 0.625. The van der Waals surface area contributed by atoms with Crippen LogP contribution in [0.3, 0.4) is 0 Å². The Morgan fingerprint density at radius 3 is 2.35 bits per heavy atom. The molecule has 302 valence electrons. The van der Waals surface area contributed by atoms with E-state index in [1.54, 1.807) is 4.90 Å². The van der Waals surface area contributed by atoms with Crippen LogP contribution in [0.25, 0.3) is 0 Å². The second kappa shape index (κ2) is 19.8. The van der Waals surface area contributed by atoms with E-state index in [1.165, 1.54) is 75.3 Å². The highest BCUT2D eigenvalue weighted by Gasteiger charge is 2.55. The molecule has 13 nitrogen and oxygen atoms in total. The summed E-state index contributed by atoms with van der Waals surface area (Å²) in [6.07, 6.45) is 15.5. The molecular weight excluding hydrogens is 718 g/mol. The highest BCUT2D eigenvalue weighted by atomic mass is 19.1. The van der Waals surface area contributed by atoms with Gasteiger partial charge in [0.2, 0.25) is 23.9 Å². The minimum atomic E-state index is -1.01. The maximum absolute atomic E-state index is 14.4. The highest BCUT2D eigenvalue weighted by molar-refractivity contribution is 5.99. The highest BCUT2D eigenvalue weighted by Crippen LogP contribution is 2.46. The van der Waals surface area contributed by atoms with Crippen molar-refractivity contribution in [1.29, 1.82) is 0 Å². The van der Waals surface area contributed by atoms with Crippen LogP contribution < -0.4 is 15.5 Å². The van der Waals surface area contributed by atoms with Gasteiger partial charge in [-0.1, -0.05) is 88.8 Å². The number of nitrogens with zero attached hydrogens (tertiary/aromatic N) is 3. The molecule has 0 radical (unpaired) electrons. The molecule has 1 aromatic carbocycles. The molecule has 1 saturated heterocycles. The third-order valence-electron chi connectivity index (χ3n) is 10.8. The van der Waals surface area contributed by atoms with Crippen LogP contribution in [0.15, 0.2) is 34.3 Å². The van der Waals surface area contributed by atoms with Gasteiger partial charge in [-0.3, -0.25) is 14.4 Å². The van der Waals surface area contributed by atoms with Crippen LogP contribution in [0.4, 0.5) is 13.6 Å². The number of amides is 2. The number of ether oxygens (including phenoxy) is 4. The molecule has 3 aliphatic rings. The summed E-state index contributed by atoms with van der Waals surface area (Å²) in [6.45, 7) is 3.30. The number of hydrogen-bond acceptors (Lipinski definition) is 10. The Bertz CT molecular complexity index is 1750. The van der Waals surface area contributed by atoms with Gasteiger partial charge >= 0.3 is 6.16 Å². The van der Waals surface area contributed by atoms with E-state index in [-0.39, 0.29) is 43.4 Å². The van der Waals surface area contributed by atoms with Crippen LogP contribution in [0, 0.1) is 11.6 Å². The van der Waals surface area contributed by atoms with Crippen molar-refractivity contribution in [3.8, 4) is 5.75 Å². The molecule has 1 aromatic heterocycles. The van der Waals surface area contributed by atoms with Crippen LogP contribution in [0.5, 0.6) is 5.75 Å². The summed E-state index contributed by atoms with van der Waals surface area (Å²) in [7, 11) is 1.48. The van der Waals surface area contributed by atoms with Crippen molar-refractivity contribution in [1.82, 2.24) is 14.8 Å². The smallest absolute Gasteiger partial charge is 0.482 e. The van der Waals surface area contributed by atoms with Gasteiger partial charge in [0.15, 0.2) is 11.3 Å². The van der Waals surface area contributed by atoms with Crippen molar-refractivity contribution in [2.45, 2.75) is 134 Å². The van der Waals surface area contributed by atoms with Crippen LogP contribution in [0.2, 0.25) is 0 Å². The van der Waals surface area contributed by atoms with Gasteiger partial charge < -0.3 is 38.6 Å². The summed E-state index contributed by atoms with van der Waals surface area (Å²) >= 11 is 0. The number of oxime groups is 1. The van der Waals surface area contributed by atoms with Crippen LogP contribution >= 0.6 is 0 Å². The van der Waals surface area contributed by atoms with E-state index in [0.29, 0.717) is 31.2 Å². The third-order valence-corrected chi connectivity index (χ3v) is 10.8. The third kappa shape index (κ3) is 10.3. The first-order chi connectivity index (χ1) is 26.6. The van der Waals surface area contributed by atoms with Crippen LogP contribution in [-0.2, 0) is 25.6 Å². The topological polar surface area (TPSA) is 147 Å². The normalized spacial score (nSPS) is 20.0. The fourth-order valence-electron chi connectivity index (χ4n) is 7.52. The average molecular weight is 773 g/mol. The summed E-state index contributed by atoms with van der Waals surface area (Å²) in [5, 5.41) is 6.62. The zero-order chi connectivity index (χ0) is 39.4. The molecule has 1 spiro atoms. The SMILES string of the molecule is CCCCCCCCCCCCCCOC(=O)OCOc1c2n(cc(C(=O)NCc3ccc(F)cc3F)c1=O)[C@@H]1CN(C2=O)[C@@H](C)CC[C@]12CC(OC)=NO2. The van der Waals surface area contributed by atoms with Crippen molar-refractivity contribution in [2.24, 2.45) is 5.16 Å². The summed E-state index contributed by atoms with van der Waals surface area (Å²) in [4.78, 5) is 61.7. The number of carbonyl (C=O) groups is 3. The first-order valence-electron chi connectivity index (χ1n) is 19.6. The predicted octanol–water partition coefficient (Wildman–Crippen LogP) is 7.55. The summed E-state index contributed by atoms with van der Waals surface area (Å²) in [5.41, 5.74) is -2.53. The van der Waals surface area contributed by atoms with E-state index >= 15 is 0 Å². The molecule has 0 unspecified atom stereocenters. The van der Waals surface area contributed by atoms with Gasteiger partial charge in [-0.05, 0) is 32.3 Å². The first kappa shape index (κ1) is 41.5. The van der Waals surface area contributed by atoms with E-state index < -0.39 is 64.8 Å². The number of pyridine rings is 1. The largest absolute Gasteiger partial charge is 0.511 e. The minimum absolute atomic E-state index is 0.00850. The molecule has 0 aliphatic carbocycles. The molecule has 5 rings (SSSR count). The molecule has 2 aromatic rings. The molecule has 15 heteroatoms. The Hall–Kier alpha value is -4.69. The Balaban J connectivity index is 1.26. The van der Waals surface area contributed by atoms with Crippen molar-refractivity contribution < 1.29 is 46.9 Å². The van der Waals surface area contributed by atoms with E-state index in [1.807, 2.05) is 6.92 Å². The zero-order valence-electron chi connectivity index (χ0n) is 32.2. The lowest BCUT2D eigenvalue weighted by atomic mass is 9.85. The number of rotatable bonds is 19. The molecule has 2 amide bonds. The van der Waals surface area contributed by atoms with Gasteiger partial charge in [0.05, 0.1) is 26.2 Å². The molecule has 1 fully saturated rings. The molecule has 1 N–H and O–H groups in total. The Labute approximate surface area is 320 Å². The van der Waals surface area contributed by atoms with E-state index in [9.17, 15) is 28.0 Å². The molecule has 0 saturated carbocycles. The van der Waals surface area contributed by atoms with Crippen molar-refractivity contribution in [3.63, 3.8) is 0 Å². The number of methoxy groups -OCH3 is 1. The van der Waals surface area contributed by atoms with Crippen molar-refractivity contribution in [3.05, 3.63) is 63.1 Å². The quantitative estimate of drug-likeness (QED) is 0.0869. The van der Waals surface area contributed by atoms with E-state index in [0.717, 1.165) is 25.3 Å². The Morgan fingerprint density at radius 2 is 1.69 bits per heavy atom. The lowest BCUT2D eigenvalue weighted by Gasteiger charge is -2.42. The average Bonchev–Trinajstić information content (AvgIpc) is 3.55. The lowest BCUT2D eigenvalue weighted by Crippen LogP contribution is -2.52. The van der Waals surface area contributed by atoms with Gasteiger partial charge in [0.25, 0.3) is 11.8 Å². The van der Waals surface area contributed by atoms with Crippen LogP contribution in [0.1, 0.15) is 143 Å². The lowest BCUT2D eigenvalue weighted by molar-refractivity contribution is -0.0658.